The number of hydrogen-bond acceptors (Lipinski definition) is 3. The Morgan fingerprint density at radius 1 is 1.27 bits per heavy atom. The smallest absolute Gasteiger partial charge is 0.220 e. The number of benzene rings is 1. The average molecular weight is 310 g/mol. The Labute approximate surface area is 128 Å². The van der Waals surface area contributed by atoms with E-state index in [0.29, 0.717) is 6.04 Å². The zero-order valence-electron chi connectivity index (χ0n) is 12.5. The van der Waals surface area contributed by atoms with E-state index in [1.165, 1.54) is 6.07 Å². The van der Waals surface area contributed by atoms with Gasteiger partial charge >= 0.3 is 0 Å². The van der Waals surface area contributed by atoms with Crippen LogP contribution in [0.15, 0.2) is 18.2 Å². The Balaban J connectivity index is 1.80. The molecule has 0 aliphatic carbocycles. The number of carbonyl (C=O) groups is 2. The van der Waals surface area contributed by atoms with E-state index in [1.807, 2.05) is 0 Å². The SMILES string of the molecule is CC1CC(NC(=O)CCC(=O)c2ccc(F)c(F)c2)CCN1. The highest BCUT2D eigenvalue weighted by Gasteiger charge is 2.20. The zero-order chi connectivity index (χ0) is 16.1. The minimum atomic E-state index is -1.06. The fraction of sp³-hybridized carbons (Fsp3) is 0.500. The van der Waals surface area contributed by atoms with Crippen molar-refractivity contribution in [3.8, 4) is 0 Å². The largest absolute Gasteiger partial charge is 0.353 e. The molecule has 0 spiro atoms. The van der Waals surface area contributed by atoms with Gasteiger partial charge in [0, 0.05) is 30.5 Å². The molecule has 6 heteroatoms. The van der Waals surface area contributed by atoms with Gasteiger partial charge in [0.05, 0.1) is 0 Å². The van der Waals surface area contributed by atoms with Crippen molar-refractivity contribution in [2.75, 3.05) is 6.54 Å². The van der Waals surface area contributed by atoms with E-state index < -0.39 is 11.6 Å². The van der Waals surface area contributed by atoms with E-state index in [1.54, 1.807) is 0 Å². The number of hydrogen-bond donors (Lipinski definition) is 2. The van der Waals surface area contributed by atoms with Gasteiger partial charge in [-0.1, -0.05) is 0 Å². The van der Waals surface area contributed by atoms with Gasteiger partial charge in [0.15, 0.2) is 17.4 Å². The van der Waals surface area contributed by atoms with Crippen molar-refractivity contribution in [1.29, 1.82) is 0 Å². The van der Waals surface area contributed by atoms with Crippen LogP contribution in [0.5, 0.6) is 0 Å². The van der Waals surface area contributed by atoms with Crippen molar-refractivity contribution < 1.29 is 18.4 Å². The Hall–Kier alpha value is -1.82. The molecule has 2 atom stereocenters. The van der Waals surface area contributed by atoms with Crippen molar-refractivity contribution in [3.05, 3.63) is 35.4 Å². The molecule has 0 aromatic heterocycles. The highest BCUT2D eigenvalue weighted by molar-refractivity contribution is 5.97. The molecule has 2 unspecified atom stereocenters. The van der Waals surface area contributed by atoms with Crippen molar-refractivity contribution >= 4 is 11.7 Å². The topological polar surface area (TPSA) is 58.2 Å². The standard InChI is InChI=1S/C16H20F2N2O2/c1-10-8-12(6-7-19-10)20-16(22)5-4-15(21)11-2-3-13(17)14(18)9-11/h2-3,9-10,12,19H,4-8H2,1H3,(H,20,22). The molecule has 1 aliphatic heterocycles. The second-order valence-electron chi connectivity index (χ2n) is 5.70. The van der Waals surface area contributed by atoms with E-state index in [2.05, 4.69) is 17.6 Å². The lowest BCUT2D eigenvalue weighted by atomic mass is 10.00. The summed E-state index contributed by atoms with van der Waals surface area (Å²) in [5.74, 6) is -2.60. The van der Waals surface area contributed by atoms with E-state index >= 15 is 0 Å². The molecule has 1 saturated heterocycles. The summed E-state index contributed by atoms with van der Waals surface area (Å²) in [5, 5.41) is 6.21. The third-order valence-corrected chi connectivity index (χ3v) is 3.81. The van der Waals surface area contributed by atoms with Crippen LogP contribution < -0.4 is 10.6 Å². The summed E-state index contributed by atoms with van der Waals surface area (Å²) < 4.78 is 25.9. The van der Waals surface area contributed by atoms with Gasteiger partial charge in [-0.3, -0.25) is 9.59 Å². The van der Waals surface area contributed by atoms with Crippen LogP contribution in [0.1, 0.15) is 43.0 Å². The predicted octanol–water partition coefficient (Wildman–Crippen LogP) is 2.18. The molecule has 1 aromatic rings. The number of amides is 1. The highest BCUT2D eigenvalue weighted by atomic mass is 19.2. The Morgan fingerprint density at radius 3 is 2.73 bits per heavy atom. The van der Waals surface area contributed by atoms with Gasteiger partial charge in [0.2, 0.25) is 5.91 Å². The maximum atomic E-state index is 13.1. The first kappa shape index (κ1) is 16.5. The van der Waals surface area contributed by atoms with Gasteiger partial charge in [-0.2, -0.15) is 0 Å². The normalized spacial score (nSPS) is 21.4. The second kappa shape index (κ2) is 7.45. The van der Waals surface area contributed by atoms with Crippen molar-refractivity contribution in [2.45, 2.75) is 44.7 Å². The van der Waals surface area contributed by atoms with Crippen molar-refractivity contribution in [1.82, 2.24) is 10.6 Å². The molecule has 4 nitrogen and oxygen atoms in total. The summed E-state index contributed by atoms with van der Waals surface area (Å²) >= 11 is 0. The van der Waals surface area contributed by atoms with Crippen LogP contribution in [0.4, 0.5) is 8.78 Å². The number of carbonyl (C=O) groups excluding carboxylic acids is 2. The number of nitrogens with one attached hydrogen (secondary N) is 2. The summed E-state index contributed by atoms with van der Waals surface area (Å²) in [7, 11) is 0. The lowest BCUT2D eigenvalue weighted by Crippen LogP contribution is -2.46. The van der Waals surface area contributed by atoms with Crippen molar-refractivity contribution in [3.63, 3.8) is 0 Å². The van der Waals surface area contributed by atoms with E-state index in [9.17, 15) is 18.4 Å². The molecule has 120 valence electrons. The molecule has 0 radical (unpaired) electrons. The summed E-state index contributed by atoms with van der Waals surface area (Å²) in [6.07, 6.45) is 1.77. The fourth-order valence-corrected chi connectivity index (χ4v) is 2.60. The van der Waals surface area contributed by atoms with Gasteiger partial charge in [0.25, 0.3) is 0 Å². The molecular weight excluding hydrogens is 290 g/mol. The van der Waals surface area contributed by atoms with Gasteiger partial charge < -0.3 is 10.6 Å². The molecule has 0 saturated carbocycles. The molecule has 2 rings (SSSR count). The Kier molecular flexibility index (Phi) is 5.60. The first-order chi connectivity index (χ1) is 10.5. The average Bonchev–Trinajstić information content (AvgIpc) is 2.47. The lowest BCUT2D eigenvalue weighted by Gasteiger charge is -2.28. The first-order valence-electron chi connectivity index (χ1n) is 7.46. The van der Waals surface area contributed by atoms with Gasteiger partial charge in [-0.05, 0) is 44.5 Å². The molecule has 1 amide bonds. The van der Waals surface area contributed by atoms with Crippen LogP contribution in [0.25, 0.3) is 0 Å². The number of halogens is 2. The van der Waals surface area contributed by atoms with Crippen LogP contribution in [0.3, 0.4) is 0 Å². The molecule has 22 heavy (non-hydrogen) atoms. The van der Waals surface area contributed by atoms with Crippen LogP contribution in [0, 0.1) is 11.6 Å². The molecule has 1 fully saturated rings. The van der Waals surface area contributed by atoms with Crippen LogP contribution >= 0.6 is 0 Å². The van der Waals surface area contributed by atoms with E-state index in [0.717, 1.165) is 31.5 Å². The molecule has 0 bridgehead atoms. The van der Waals surface area contributed by atoms with Gasteiger partial charge in [-0.15, -0.1) is 0 Å². The Bertz CT molecular complexity index is 563. The zero-order valence-corrected chi connectivity index (χ0v) is 12.5. The third-order valence-electron chi connectivity index (χ3n) is 3.81. The maximum absolute atomic E-state index is 13.1. The minimum Gasteiger partial charge on any atom is -0.353 e. The highest BCUT2D eigenvalue weighted by Crippen LogP contribution is 2.12. The second-order valence-corrected chi connectivity index (χ2v) is 5.70. The van der Waals surface area contributed by atoms with E-state index in [-0.39, 0.29) is 36.1 Å². The summed E-state index contributed by atoms with van der Waals surface area (Å²) in [5.41, 5.74) is 0.0854. The summed E-state index contributed by atoms with van der Waals surface area (Å²) in [6, 6.07) is 3.50. The first-order valence-corrected chi connectivity index (χ1v) is 7.46. The van der Waals surface area contributed by atoms with E-state index in [4.69, 9.17) is 0 Å². The lowest BCUT2D eigenvalue weighted by molar-refractivity contribution is -0.122. The van der Waals surface area contributed by atoms with Gasteiger partial charge in [0.1, 0.15) is 0 Å². The molecular formula is C16H20F2N2O2. The maximum Gasteiger partial charge on any atom is 0.220 e. The van der Waals surface area contributed by atoms with Crippen LogP contribution in [0.2, 0.25) is 0 Å². The fourth-order valence-electron chi connectivity index (χ4n) is 2.60. The Morgan fingerprint density at radius 2 is 2.05 bits per heavy atom. The number of Topliss-reactive ketones (excluding diaryl/α,β-unsaturated/α-hetero) is 1. The predicted molar refractivity (Wildman–Crippen MR) is 78.6 cm³/mol. The number of piperidine rings is 1. The molecule has 2 N–H and O–H groups in total. The number of rotatable bonds is 5. The van der Waals surface area contributed by atoms with Crippen LogP contribution in [-0.2, 0) is 4.79 Å². The monoisotopic (exact) mass is 310 g/mol. The molecule has 1 aromatic carbocycles. The third kappa shape index (κ3) is 4.59. The quantitative estimate of drug-likeness (QED) is 0.820. The summed E-state index contributed by atoms with van der Waals surface area (Å²) in [4.78, 5) is 23.7. The molecule has 1 heterocycles. The minimum absolute atomic E-state index is 0.0164. The molecule has 1 aliphatic rings. The summed E-state index contributed by atoms with van der Waals surface area (Å²) in [6.45, 7) is 2.92. The van der Waals surface area contributed by atoms with Crippen molar-refractivity contribution in [2.24, 2.45) is 0 Å². The van der Waals surface area contributed by atoms with Crippen LogP contribution in [-0.4, -0.2) is 30.3 Å². The van der Waals surface area contributed by atoms with Gasteiger partial charge in [-0.25, -0.2) is 8.78 Å². The number of ketones is 1.